The van der Waals surface area contributed by atoms with E-state index in [-0.39, 0.29) is 0 Å². The Kier molecular flexibility index (Phi) is 4.16. The Hall–Kier alpha value is -1.54. The predicted molar refractivity (Wildman–Crippen MR) is 83.3 cm³/mol. The third-order valence-electron chi connectivity index (χ3n) is 4.93. The molecule has 0 atom stereocenters. The average Bonchev–Trinajstić information content (AvgIpc) is 3.07. The van der Waals surface area contributed by atoms with Crippen molar-refractivity contribution in [1.29, 1.82) is 5.26 Å². The standard InChI is InChI=1S/C16H25N5/c1-13-15(11-17)16(19(2)18-13)21-9-5-14(6-10-21)12-20-7-3-4-8-20/h14H,3-10,12H2,1-2H3. The van der Waals surface area contributed by atoms with Gasteiger partial charge in [-0.05, 0) is 51.6 Å². The lowest BCUT2D eigenvalue weighted by molar-refractivity contribution is 0.249. The minimum absolute atomic E-state index is 0.746. The van der Waals surface area contributed by atoms with E-state index in [1.165, 1.54) is 45.3 Å². The molecule has 114 valence electrons. The maximum absolute atomic E-state index is 9.35. The first-order valence-corrected chi connectivity index (χ1v) is 8.10. The quantitative estimate of drug-likeness (QED) is 0.852. The van der Waals surface area contributed by atoms with Crippen LogP contribution in [0.5, 0.6) is 0 Å². The Balaban J connectivity index is 1.62. The molecule has 5 nitrogen and oxygen atoms in total. The summed E-state index contributed by atoms with van der Waals surface area (Å²) in [7, 11) is 1.94. The fraction of sp³-hybridized carbons (Fsp3) is 0.750. The van der Waals surface area contributed by atoms with Crippen LogP contribution in [0.3, 0.4) is 0 Å². The zero-order valence-electron chi connectivity index (χ0n) is 13.2. The molecule has 0 radical (unpaired) electrons. The maximum atomic E-state index is 9.35. The molecule has 2 aliphatic heterocycles. The number of nitrogens with zero attached hydrogens (tertiary/aromatic N) is 5. The van der Waals surface area contributed by atoms with Crippen molar-refractivity contribution in [2.75, 3.05) is 37.6 Å². The molecule has 2 fully saturated rings. The summed E-state index contributed by atoms with van der Waals surface area (Å²) in [6.07, 6.45) is 5.20. The summed E-state index contributed by atoms with van der Waals surface area (Å²) in [5.41, 5.74) is 1.59. The second-order valence-electron chi connectivity index (χ2n) is 6.46. The zero-order chi connectivity index (χ0) is 14.8. The summed E-state index contributed by atoms with van der Waals surface area (Å²) in [6, 6.07) is 2.32. The normalized spacial score (nSPS) is 20.9. The van der Waals surface area contributed by atoms with Crippen LogP contribution in [0.1, 0.15) is 36.9 Å². The minimum Gasteiger partial charge on any atom is -0.356 e. The van der Waals surface area contributed by atoms with Crippen molar-refractivity contribution in [2.45, 2.75) is 32.6 Å². The van der Waals surface area contributed by atoms with E-state index in [2.05, 4.69) is 21.0 Å². The Morgan fingerprint density at radius 2 is 1.86 bits per heavy atom. The van der Waals surface area contributed by atoms with Gasteiger partial charge in [-0.15, -0.1) is 0 Å². The molecule has 21 heavy (non-hydrogen) atoms. The molecule has 0 saturated carbocycles. The summed E-state index contributed by atoms with van der Waals surface area (Å²) in [6.45, 7) is 7.86. The molecule has 3 heterocycles. The highest BCUT2D eigenvalue weighted by Crippen LogP contribution is 2.28. The van der Waals surface area contributed by atoms with Crippen LogP contribution in [0.2, 0.25) is 0 Å². The average molecular weight is 287 g/mol. The first-order valence-electron chi connectivity index (χ1n) is 8.10. The van der Waals surface area contributed by atoms with Crippen LogP contribution >= 0.6 is 0 Å². The Labute approximate surface area is 127 Å². The lowest BCUT2D eigenvalue weighted by atomic mass is 9.96. The second-order valence-corrected chi connectivity index (χ2v) is 6.46. The monoisotopic (exact) mass is 287 g/mol. The van der Waals surface area contributed by atoms with Gasteiger partial charge in [0.05, 0.1) is 5.69 Å². The lowest BCUT2D eigenvalue weighted by Crippen LogP contribution is -2.39. The summed E-state index contributed by atoms with van der Waals surface area (Å²) in [5, 5.41) is 13.8. The highest BCUT2D eigenvalue weighted by atomic mass is 15.4. The van der Waals surface area contributed by atoms with Gasteiger partial charge in [0, 0.05) is 26.7 Å². The summed E-state index contributed by atoms with van der Waals surface area (Å²) in [4.78, 5) is 4.97. The van der Waals surface area contributed by atoms with Crippen molar-refractivity contribution in [3.63, 3.8) is 0 Å². The third kappa shape index (κ3) is 2.91. The number of rotatable bonds is 3. The third-order valence-corrected chi connectivity index (χ3v) is 4.93. The Bertz CT molecular complexity index is 528. The van der Waals surface area contributed by atoms with E-state index in [1.807, 2.05) is 18.7 Å². The number of piperidine rings is 1. The molecule has 0 N–H and O–H groups in total. The van der Waals surface area contributed by atoms with Gasteiger partial charge >= 0.3 is 0 Å². The van der Waals surface area contributed by atoms with Gasteiger partial charge < -0.3 is 9.80 Å². The molecular weight excluding hydrogens is 262 g/mol. The smallest absolute Gasteiger partial charge is 0.144 e. The van der Waals surface area contributed by atoms with Crippen LogP contribution in [0.15, 0.2) is 0 Å². The molecule has 3 rings (SSSR count). The number of likely N-dealkylation sites (tertiary alicyclic amines) is 1. The molecule has 0 bridgehead atoms. The van der Waals surface area contributed by atoms with Crippen molar-refractivity contribution in [3.8, 4) is 6.07 Å². The van der Waals surface area contributed by atoms with Gasteiger partial charge in [0.15, 0.2) is 0 Å². The number of anilines is 1. The van der Waals surface area contributed by atoms with Crippen molar-refractivity contribution in [2.24, 2.45) is 13.0 Å². The van der Waals surface area contributed by atoms with Crippen LogP contribution in [0.25, 0.3) is 0 Å². The van der Waals surface area contributed by atoms with Crippen LogP contribution in [0, 0.1) is 24.2 Å². The fourth-order valence-corrected chi connectivity index (χ4v) is 3.80. The van der Waals surface area contributed by atoms with Crippen molar-refractivity contribution in [3.05, 3.63) is 11.3 Å². The van der Waals surface area contributed by atoms with E-state index in [4.69, 9.17) is 0 Å². The van der Waals surface area contributed by atoms with Crippen LogP contribution in [-0.4, -0.2) is 47.4 Å². The summed E-state index contributed by atoms with van der Waals surface area (Å²) in [5.74, 6) is 1.83. The van der Waals surface area contributed by atoms with Gasteiger partial charge in [0.25, 0.3) is 0 Å². The largest absolute Gasteiger partial charge is 0.356 e. The maximum Gasteiger partial charge on any atom is 0.144 e. The molecule has 2 saturated heterocycles. The Morgan fingerprint density at radius 3 is 2.48 bits per heavy atom. The molecule has 1 aromatic heterocycles. The molecule has 0 unspecified atom stereocenters. The molecule has 5 heteroatoms. The molecule has 0 amide bonds. The summed E-state index contributed by atoms with van der Waals surface area (Å²) >= 11 is 0. The molecule has 0 aliphatic carbocycles. The van der Waals surface area contributed by atoms with Crippen molar-refractivity contribution >= 4 is 5.82 Å². The van der Waals surface area contributed by atoms with Gasteiger partial charge in [-0.2, -0.15) is 10.4 Å². The van der Waals surface area contributed by atoms with Crippen molar-refractivity contribution in [1.82, 2.24) is 14.7 Å². The first kappa shape index (κ1) is 14.4. The van der Waals surface area contributed by atoms with Gasteiger partial charge in [-0.3, -0.25) is 4.68 Å². The number of hydrogen-bond acceptors (Lipinski definition) is 4. The molecule has 1 aromatic rings. The van der Waals surface area contributed by atoms with Gasteiger partial charge in [0.2, 0.25) is 0 Å². The highest BCUT2D eigenvalue weighted by molar-refractivity contribution is 5.57. The number of aromatic nitrogens is 2. The molecular formula is C16H25N5. The molecule has 0 spiro atoms. The van der Waals surface area contributed by atoms with E-state index in [0.29, 0.717) is 0 Å². The van der Waals surface area contributed by atoms with E-state index >= 15 is 0 Å². The SMILES string of the molecule is Cc1nn(C)c(N2CCC(CN3CCCC3)CC2)c1C#N. The molecule has 2 aliphatic rings. The number of nitriles is 1. The van der Waals surface area contributed by atoms with Crippen LogP contribution in [-0.2, 0) is 7.05 Å². The predicted octanol–water partition coefficient (Wildman–Crippen LogP) is 1.91. The van der Waals surface area contributed by atoms with E-state index < -0.39 is 0 Å². The van der Waals surface area contributed by atoms with E-state index in [1.54, 1.807) is 0 Å². The second kappa shape index (κ2) is 6.07. The number of hydrogen-bond donors (Lipinski definition) is 0. The summed E-state index contributed by atoms with van der Waals surface area (Å²) < 4.78 is 1.87. The van der Waals surface area contributed by atoms with Gasteiger partial charge in [-0.1, -0.05) is 0 Å². The Morgan fingerprint density at radius 1 is 1.19 bits per heavy atom. The first-order chi connectivity index (χ1) is 10.2. The van der Waals surface area contributed by atoms with Gasteiger partial charge in [0.1, 0.15) is 17.5 Å². The lowest BCUT2D eigenvalue weighted by Gasteiger charge is -2.35. The van der Waals surface area contributed by atoms with Crippen LogP contribution < -0.4 is 4.90 Å². The highest BCUT2D eigenvalue weighted by Gasteiger charge is 2.26. The fourth-order valence-electron chi connectivity index (χ4n) is 3.80. The van der Waals surface area contributed by atoms with Crippen LogP contribution in [0.4, 0.5) is 5.82 Å². The molecule has 0 aromatic carbocycles. The van der Waals surface area contributed by atoms with Gasteiger partial charge in [-0.25, -0.2) is 0 Å². The zero-order valence-corrected chi connectivity index (χ0v) is 13.2. The van der Waals surface area contributed by atoms with E-state index in [0.717, 1.165) is 36.1 Å². The topological polar surface area (TPSA) is 48.1 Å². The minimum atomic E-state index is 0.746. The van der Waals surface area contributed by atoms with E-state index in [9.17, 15) is 5.26 Å². The number of aryl methyl sites for hydroxylation is 2. The van der Waals surface area contributed by atoms with Crippen molar-refractivity contribution < 1.29 is 0 Å².